The Morgan fingerprint density at radius 2 is 1.85 bits per heavy atom. The summed E-state index contributed by atoms with van der Waals surface area (Å²) in [5.74, 6) is 0.179. The highest BCUT2D eigenvalue weighted by atomic mass is 79.9. The molecule has 1 heterocycles. The maximum Gasteiger partial charge on any atom is 0.234 e. The summed E-state index contributed by atoms with van der Waals surface area (Å²) in [6, 6.07) is 6.08. The van der Waals surface area contributed by atoms with Crippen LogP contribution in [0.2, 0.25) is 0 Å². The smallest absolute Gasteiger partial charge is 0.234 e. The average molecular weight is 339 g/mol. The van der Waals surface area contributed by atoms with E-state index in [4.69, 9.17) is 0 Å². The van der Waals surface area contributed by atoms with Gasteiger partial charge in [0.2, 0.25) is 5.91 Å². The van der Waals surface area contributed by atoms with Crippen LogP contribution in [0.1, 0.15) is 33.3 Å². The van der Waals surface area contributed by atoms with Gasteiger partial charge in [-0.25, -0.2) is 0 Å². The van der Waals surface area contributed by atoms with Crippen LogP contribution in [0.4, 0.5) is 5.69 Å². The van der Waals surface area contributed by atoms with Crippen LogP contribution in [0, 0.1) is 12.3 Å². The molecule has 1 saturated heterocycles. The monoisotopic (exact) mass is 338 g/mol. The van der Waals surface area contributed by atoms with Gasteiger partial charge in [0.15, 0.2) is 0 Å². The van der Waals surface area contributed by atoms with Gasteiger partial charge in [-0.1, -0.05) is 15.9 Å². The molecular weight excluding hydrogens is 316 g/mol. The van der Waals surface area contributed by atoms with Gasteiger partial charge < -0.3 is 10.2 Å². The number of aryl methyl sites for hydroxylation is 1. The summed E-state index contributed by atoms with van der Waals surface area (Å²) in [6.45, 7) is 11.8. The number of amides is 1. The van der Waals surface area contributed by atoms with Crippen LogP contribution >= 0.6 is 15.9 Å². The third kappa shape index (κ3) is 2.77. The molecule has 1 aromatic rings. The number of anilines is 1. The molecule has 1 amide bonds. The summed E-state index contributed by atoms with van der Waals surface area (Å²) >= 11 is 3.49. The van der Waals surface area contributed by atoms with Gasteiger partial charge in [-0.15, -0.1) is 0 Å². The second-order valence-electron chi connectivity index (χ2n) is 6.87. The van der Waals surface area contributed by atoms with Crippen LogP contribution < -0.4 is 10.2 Å². The average Bonchev–Trinajstić information content (AvgIpc) is 2.37. The third-order valence-corrected chi connectivity index (χ3v) is 4.40. The number of hydrogen-bond acceptors (Lipinski definition) is 2. The van der Waals surface area contributed by atoms with Crippen LogP contribution in [0.15, 0.2) is 22.7 Å². The minimum Gasteiger partial charge on any atom is -0.313 e. The molecule has 1 aromatic carbocycles. The van der Waals surface area contributed by atoms with Crippen molar-refractivity contribution in [3.63, 3.8) is 0 Å². The quantitative estimate of drug-likeness (QED) is 0.849. The van der Waals surface area contributed by atoms with Gasteiger partial charge in [0.1, 0.15) is 0 Å². The summed E-state index contributed by atoms with van der Waals surface area (Å²) in [6.07, 6.45) is 0. The van der Waals surface area contributed by atoms with Crippen LogP contribution in [0.5, 0.6) is 0 Å². The number of halogens is 1. The lowest BCUT2D eigenvalue weighted by Gasteiger charge is -2.40. The van der Waals surface area contributed by atoms with E-state index in [1.165, 1.54) is 0 Å². The SMILES string of the molecule is Cc1cc(Br)ccc1N1C(=O)C(C)(C)CNCC1(C)C. The van der Waals surface area contributed by atoms with E-state index in [1.807, 2.05) is 30.9 Å². The van der Waals surface area contributed by atoms with Crippen LogP contribution in [0.25, 0.3) is 0 Å². The summed E-state index contributed by atoms with van der Waals surface area (Å²) in [7, 11) is 0. The van der Waals surface area contributed by atoms with Crippen molar-refractivity contribution in [3.8, 4) is 0 Å². The zero-order chi connectivity index (χ0) is 15.1. The van der Waals surface area contributed by atoms with Crippen molar-refractivity contribution >= 4 is 27.5 Å². The molecule has 0 spiro atoms. The summed E-state index contributed by atoms with van der Waals surface area (Å²) in [5, 5.41) is 3.42. The van der Waals surface area contributed by atoms with Gasteiger partial charge in [0.05, 0.1) is 11.0 Å². The Kier molecular flexibility index (Phi) is 4.00. The topological polar surface area (TPSA) is 32.3 Å². The standard InChI is InChI=1S/C16H23BrN2O/c1-11-8-12(17)6-7-13(11)19-14(20)15(2,3)9-18-10-16(19,4)5/h6-8,18H,9-10H2,1-5H3. The van der Waals surface area contributed by atoms with Gasteiger partial charge in [0.25, 0.3) is 0 Å². The molecule has 1 N–H and O–H groups in total. The van der Waals surface area contributed by atoms with E-state index >= 15 is 0 Å². The number of rotatable bonds is 1. The molecule has 0 aliphatic carbocycles. The number of nitrogens with one attached hydrogen (secondary N) is 1. The fraction of sp³-hybridized carbons (Fsp3) is 0.562. The maximum absolute atomic E-state index is 13.0. The Morgan fingerprint density at radius 3 is 2.45 bits per heavy atom. The number of carbonyl (C=O) groups excluding carboxylic acids is 1. The fourth-order valence-corrected chi connectivity index (χ4v) is 3.19. The molecule has 3 nitrogen and oxygen atoms in total. The fourth-order valence-electron chi connectivity index (χ4n) is 2.72. The van der Waals surface area contributed by atoms with E-state index in [2.05, 4.69) is 48.1 Å². The summed E-state index contributed by atoms with van der Waals surface area (Å²) in [5.41, 5.74) is 1.47. The van der Waals surface area contributed by atoms with Crippen LogP contribution in [0.3, 0.4) is 0 Å². The van der Waals surface area contributed by atoms with Crippen molar-refractivity contribution in [1.82, 2.24) is 5.32 Å². The van der Waals surface area contributed by atoms with Gasteiger partial charge in [-0.3, -0.25) is 4.79 Å². The Bertz CT molecular complexity index is 537. The molecule has 0 atom stereocenters. The predicted molar refractivity (Wildman–Crippen MR) is 87.1 cm³/mol. The Balaban J connectivity index is 2.56. The largest absolute Gasteiger partial charge is 0.313 e. The normalized spacial score (nSPS) is 21.7. The molecule has 110 valence electrons. The van der Waals surface area contributed by atoms with Crippen molar-refractivity contribution in [1.29, 1.82) is 0 Å². The zero-order valence-electron chi connectivity index (χ0n) is 12.9. The molecular formula is C16H23BrN2O. The van der Waals surface area contributed by atoms with E-state index in [-0.39, 0.29) is 11.4 Å². The first-order valence-corrected chi connectivity index (χ1v) is 7.76. The number of nitrogens with zero attached hydrogens (tertiary/aromatic N) is 1. The lowest BCUT2D eigenvalue weighted by molar-refractivity contribution is -0.126. The first kappa shape index (κ1) is 15.5. The maximum atomic E-state index is 13.0. The molecule has 0 unspecified atom stereocenters. The molecule has 2 rings (SSSR count). The molecule has 0 radical (unpaired) electrons. The van der Waals surface area contributed by atoms with E-state index in [9.17, 15) is 4.79 Å². The van der Waals surface area contributed by atoms with Crippen LogP contribution in [-0.2, 0) is 4.79 Å². The molecule has 0 aromatic heterocycles. The molecule has 1 aliphatic heterocycles. The van der Waals surface area contributed by atoms with Gasteiger partial charge in [-0.05, 0) is 58.4 Å². The van der Waals surface area contributed by atoms with E-state index < -0.39 is 5.41 Å². The van der Waals surface area contributed by atoms with Crippen molar-refractivity contribution in [2.75, 3.05) is 18.0 Å². The first-order valence-electron chi connectivity index (χ1n) is 6.97. The Hall–Kier alpha value is -0.870. The molecule has 4 heteroatoms. The van der Waals surface area contributed by atoms with Gasteiger partial charge >= 0.3 is 0 Å². The zero-order valence-corrected chi connectivity index (χ0v) is 14.5. The predicted octanol–water partition coefficient (Wildman–Crippen LogP) is 3.50. The minimum atomic E-state index is -0.396. The molecule has 20 heavy (non-hydrogen) atoms. The highest BCUT2D eigenvalue weighted by molar-refractivity contribution is 9.10. The van der Waals surface area contributed by atoms with E-state index in [0.717, 1.165) is 22.3 Å². The molecule has 1 fully saturated rings. The number of benzene rings is 1. The highest BCUT2D eigenvalue weighted by Gasteiger charge is 2.43. The summed E-state index contributed by atoms with van der Waals surface area (Å²) in [4.78, 5) is 15.0. The highest BCUT2D eigenvalue weighted by Crippen LogP contribution is 2.35. The van der Waals surface area contributed by atoms with Gasteiger partial charge in [-0.2, -0.15) is 0 Å². The molecule has 0 bridgehead atoms. The van der Waals surface area contributed by atoms with Crippen molar-refractivity contribution < 1.29 is 4.79 Å². The molecule has 0 saturated carbocycles. The minimum absolute atomic E-state index is 0.179. The molecule has 1 aliphatic rings. The number of hydrogen-bond donors (Lipinski definition) is 1. The Morgan fingerprint density at radius 1 is 1.20 bits per heavy atom. The van der Waals surface area contributed by atoms with E-state index in [0.29, 0.717) is 6.54 Å². The first-order chi connectivity index (χ1) is 9.15. The Labute approximate surface area is 129 Å². The van der Waals surface area contributed by atoms with Crippen LogP contribution in [-0.4, -0.2) is 24.5 Å². The lowest BCUT2D eigenvalue weighted by atomic mass is 9.90. The summed E-state index contributed by atoms with van der Waals surface area (Å²) < 4.78 is 1.04. The van der Waals surface area contributed by atoms with Crippen molar-refractivity contribution in [2.24, 2.45) is 5.41 Å². The van der Waals surface area contributed by atoms with Gasteiger partial charge in [0, 0.05) is 23.2 Å². The lowest BCUT2D eigenvalue weighted by Crippen LogP contribution is -2.53. The van der Waals surface area contributed by atoms with Crippen molar-refractivity contribution in [2.45, 2.75) is 40.2 Å². The second kappa shape index (κ2) is 5.15. The van der Waals surface area contributed by atoms with E-state index in [1.54, 1.807) is 0 Å². The number of carbonyl (C=O) groups is 1. The third-order valence-electron chi connectivity index (χ3n) is 3.91. The van der Waals surface area contributed by atoms with Crippen molar-refractivity contribution in [3.05, 3.63) is 28.2 Å². The second-order valence-corrected chi connectivity index (χ2v) is 7.79.